The van der Waals surface area contributed by atoms with Gasteiger partial charge in [-0.05, 0) is 61.4 Å². The van der Waals surface area contributed by atoms with Crippen molar-refractivity contribution < 1.29 is 18.5 Å². The highest BCUT2D eigenvalue weighted by Gasteiger charge is 2.21. The van der Waals surface area contributed by atoms with Gasteiger partial charge in [0.1, 0.15) is 5.82 Å². The number of amides is 2. The summed E-state index contributed by atoms with van der Waals surface area (Å²) in [5.41, 5.74) is 0.818. The fraction of sp³-hybridized carbons (Fsp3) is 0.300. The first kappa shape index (κ1) is 20.3. The third-order valence-corrected chi connectivity index (χ3v) is 5.74. The second kappa shape index (κ2) is 9.68. The Morgan fingerprint density at radius 2 is 1.68 bits per heavy atom. The van der Waals surface area contributed by atoms with Crippen molar-refractivity contribution in [1.82, 2.24) is 10.0 Å². The molecule has 0 heterocycles. The van der Waals surface area contributed by atoms with Gasteiger partial charge in [0.25, 0.3) is 5.91 Å². The number of hydrogen-bond acceptors (Lipinski definition) is 4. The summed E-state index contributed by atoms with van der Waals surface area (Å²) < 4.78 is 28.3. The molecule has 0 bridgehead atoms. The molecule has 1 unspecified atom stereocenters. The Morgan fingerprint density at radius 1 is 1.04 bits per heavy atom. The fourth-order valence-corrected chi connectivity index (χ4v) is 4.05. The minimum Gasteiger partial charge on any atom is -0.593 e. The van der Waals surface area contributed by atoms with Crippen molar-refractivity contribution in [2.45, 2.75) is 36.6 Å². The molecule has 2 amide bonds. The van der Waals surface area contributed by atoms with Crippen molar-refractivity contribution in [3.63, 3.8) is 0 Å². The molecule has 3 N–H and O–H groups in total. The van der Waals surface area contributed by atoms with Gasteiger partial charge in [-0.1, -0.05) is 12.8 Å². The van der Waals surface area contributed by atoms with Crippen LogP contribution in [0.15, 0.2) is 53.4 Å². The molecule has 1 fully saturated rings. The van der Waals surface area contributed by atoms with Gasteiger partial charge in [0.2, 0.25) is 5.91 Å². The maximum atomic E-state index is 12.9. The van der Waals surface area contributed by atoms with Crippen LogP contribution in [-0.2, 0) is 16.2 Å². The Hall–Kier alpha value is -2.42. The lowest BCUT2D eigenvalue weighted by Gasteiger charge is -2.15. The molecule has 1 atom stereocenters. The number of anilines is 1. The van der Waals surface area contributed by atoms with Crippen molar-refractivity contribution >= 4 is 28.9 Å². The number of carbonyl (C=O) groups excluding carboxylic acids is 2. The first-order valence-electron chi connectivity index (χ1n) is 9.13. The first-order chi connectivity index (χ1) is 13.5. The second-order valence-corrected chi connectivity index (χ2v) is 7.87. The van der Waals surface area contributed by atoms with E-state index in [0.29, 0.717) is 16.6 Å². The quantitative estimate of drug-likeness (QED) is 0.620. The van der Waals surface area contributed by atoms with Crippen LogP contribution in [0.1, 0.15) is 36.0 Å². The van der Waals surface area contributed by atoms with Gasteiger partial charge in [0, 0.05) is 11.3 Å². The molecule has 8 heteroatoms. The van der Waals surface area contributed by atoms with Crippen molar-refractivity contribution in [3.8, 4) is 0 Å². The van der Waals surface area contributed by atoms with Crippen LogP contribution >= 0.6 is 0 Å². The van der Waals surface area contributed by atoms with Crippen LogP contribution in [0.3, 0.4) is 0 Å². The van der Waals surface area contributed by atoms with Gasteiger partial charge in [0.15, 0.2) is 4.90 Å². The van der Waals surface area contributed by atoms with Crippen LogP contribution in [0, 0.1) is 5.82 Å². The standard InChI is InChI=1S/C20H22FN3O3S/c21-15-7-5-14(6-8-15)20(26)22-13-19(25)23-16-9-11-18(12-10-16)28(27)24-17-3-1-2-4-17/h5-12,17,24H,1-4,13H2,(H,22,26)(H,23,25). The highest BCUT2D eigenvalue weighted by Crippen LogP contribution is 2.21. The molecule has 0 spiro atoms. The third-order valence-electron chi connectivity index (χ3n) is 4.50. The topological polar surface area (TPSA) is 93.3 Å². The van der Waals surface area contributed by atoms with Crippen LogP contribution in [0.5, 0.6) is 0 Å². The Kier molecular flexibility index (Phi) is 7.02. The molecule has 0 aliphatic heterocycles. The summed E-state index contributed by atoms with van der Waals surface area (Å²) in [7, 11) is 0. The summed E-state index contributed by atoms with van der Waals surface area (Å²) in [5.74, 6) is -1.29. The molecule has 28 heavy (non-hydrogen) atoms. The Bertz CT molecular complexity index is 808. The SMILES string of the molecule is O=C(CNC(=O)c1ccc(F)cc1)Nc1ccc([S+]([O-])NC2CCCC2)cc1. The van der Waals surface area contributed by atoms with Crippen LogP contribution in [0.25, 0.3) is 0 Å². The Balaban J connectivity index is 1.45. The van der Waals surface area contributed by atoms with Crippen molar-refractivity contribution in [1.29, 1.82) is 0 Å². The molecular formula is C20H22FN3O3S. The average Bonchev–Trinajstić information content (AvgIpc) is 3.20. The number of carbonyl (C=O) groups is 2. The predicted molar refractivity (Wildman–Crippen MR) is 106 cm³/mol. The van der Waals surface area contributed by atoms with Gasteiger partial charge >= 0.3 is 0 Å². The number of benzene rings is 2. The van der Waals surface area contributed by atoms with Gasteiger partial charge < -0.3 is 15.2 Å². The summed E-state index contributed by atoms with van der Waals surface area (Å²) in [6.45, 7) is -0.215. The molecule has 3 rings (SSSR count). The molecule has 1 saturated carbocycles. The smallest absolute Gasteiger partial charge is 0.251 e. The van der Waals surface area contributed by atoms with Gasteiger partial charge in [-0.15, -0.1) is 4.72 Å². The molecule has 0 aromatic heterocycles. The van der Waals surface area contributed by atoms with Gasteiger partial charge in [0.05, 0.1) is 23.9 Å². The van der Waals surface area contributed by atoms with Gasteiger partial charge in [-0.2, -0.15) is 0 Å². The fourth-order valence-electron chi connectivity index (χ4n) is 2.99. The average molecular weight is 403 g/mol. The van der Waals surface area contributed by atoms with Crippen LogP contribution < -0.4 is 15.4 Å². The highest BCUT2D eigenvalue weighted by molar-refractivity contribution is 7.89. The highest BCUT2D eigenvalue weighted by atomic mass is 32.2. The van der Waals surface area contributed by atoms with E-state index >= 15 is 0 Å². The van der Waals surface area contributed by atoms with E-state index in [1.807, 2.05) is 0 Å². The molecule has 2 aromatic carbocycles. The van der Waals surface area contributed by atoms with Crippen LogP contribution in [0.4, 0.5) is 10.1 Å². The zero-order valence-electron chi connectivity index (χ0n) is 15.2. The first-order valence-corrected chi connectivity index (χ1v) is 10.3. The lowest BCUT2D eigenvalue weighted by atomic mass is 10.2. The molecule has 2 aromatic rings. The maximum absolute atomic E-state index is 12.9. The van der Waals surface area contributed by atoms with Gasteiger partial charge in [-0.3, -0.25) is 9.59 Å². The Morgan fingerprint density at radius 3 is 2.32 bits per heavy atom. The molecule has 1 aliphatic carbocycles. The summed E-state index contributed by atoms with van der Waals surface area (Å²) in [4.78, 5) is 24.6. The number of hydrogen-bond donors (Lipinski definition) is 3. The lowest BCUT2D eigenvalue weighted by Crippen LogP contribution is -2.33. The maximum Gasteiger partial charge on any atom is 0.251 e. The van der Waals surface area contributed by atoms with E-state index in [1.165, 1.54) is 24.3 Å². The minimum atomic E-state index is -1.27. The van der Waals surface area contributed by atoms with Crippen LogP contribution in [0.2, 0.25) is 0 Å². The monoisotopic (exact) mass is 403 g/mol. The van der Waals surface area contributed by atoms with Gasteiger partial charge in [-0.25, -0.2) is 4.39 Å². The number of halogens is 1. The third kappa shape index (κ3) is 5.79. The summed E-state index contributed by atoms with van der Waals surface area (Å²) in [6, 6.07) is 12.1. The molecular weight excluding hydrogens is 381 g/mol. The summed E-state index contributed by atoms with van der Waals surface area (Å²) in [5, 5.41) is 5.14. The normalized spacial score (nSPS) is 15.2. The van der Waals surface area contributed by atoms with E-state index in [-0.39, 0.29) is 12.1 Å². The Labute approximate surface area is 166 Å². The predicted octanol–water partition coefficient (Wildman–Crippen LogP) is 2.75. The van der Waals surface area contributed by atoms with E-state index in [4.69, 9.17) is 0 Å². The van der Waals surface area contributed by atoms with Crippen molar-refractivity contribution in [3.05, 3.63) is 59.9 Å². The zero-order valence-corrected chi connectivity index (χ0v) is 16.1. The van der Waals surface area contributed by atoms with E-state index in [9.17, 15) is 18.5 Å². The molecule has 148 valence electrons. The number of rotatable bonds is 7. The molecule has 0 radical (unpaired) electrons. The molecule has 6 nitrogen and oxygen atoms in total. The zero-order chi connectivity index (χ0) is 19.9. The summed E-state index contributed by atoms with van der Waals surface area (Å²) in [6.07, 6.45) is 4.42. The molecule has 0 saturated heterocycles. The lowest BCUT2D eigenvalue weighted by molar-refractivity contribution is -0.115. The summed E-state index contributed by atoms with van der Waals surface area (Å²) >= 11 is -1.27. The minimum absolute atomic E-state index is 0.215. The van der Waals surface area contributed by atoms with E-state index in [1.54, 1.807) is 24.3 Å². The van der Waals surface area contributed by atoms with Crippen LogP contribution in [-0.4, -0.2) is 29.0 Å². The molecule has 1 aliphatic rings. The van der Waals surface area contributed by atoms with E-state index in [2.05, 4.69) is 15.4 Å². The van der Waals surface area contributed by atoms with E-state index in [0.717, 1.165) is 25.7 Å². The second-order valence-electron chi connectivity index (χ2n) is 6.63. The largest absolute Gasteiger partial charge is 0.593 e. The van der Waals surface area contributed by atoms with Crippen molar-refractivity contribution in [2.75, 3.05) is 11.9 Å². The van der Waals surface area contributed by atoms with Crippen molar-refractivity contribution in [2.24, 2.45) is 0 Å². The van der Waals surface area contributed by atoms with E-state index < -0.39 is 29.0 Å². The number of nitrogens with one attached hydrogen (secondary N) is 3.